The topological polar surface area (TPSA) is 78.3 Å². The Morgan fingerprint density at radius 1 is 1.05 bits per heavy atom. The first kappa shape index (κ1) is 24.6. The van der Waals surface area contributed by atoms with E-state index in [0.29, 0.717) is 46.0 Å². The first-order valence-electron chi connectivity index (χ1n) is 11.7. The predicted molar refractivity (Wildman–Crippen MR) is 140 cm³/mol. The van der Waals surface area contributed by atoms with E-state index in [1.807, 2.05) is 54.6 Å². The largest absolute Gasteiger partial charge is 0.489 e. The molecule has 2 heterocycles. The van der Waals surface area contributed by atoms with Gasteiger partial charge in [-0.05, 0) is 41.8 Å². The second-order valence-electron chi connectivity index (χ2n) is 8.44. The van der Waals surface area contributed by atoms with Crippen LogP contribution >= 0.6 is 11.8 Å². The molecule has 0 spiro atoms. The Balaban J connectivity index is 1.41. The summed E-state index contributed by atoms with van der Waals surface area (Å²) in [6.07, 6.45) is 0. The molecule has 0 amide bonds. The van der Waals surface area contributed by atoms with Gasteiger partial charge >= 0.3 is 5.97 Å². The van der Waals surface area contributed by atoms with E-state index < -0.39 is 12.0 Å². The minimum Gasteiger partial charge on any atom is -0.489 e. The van der Waals surface area contributed by atoms with Gasteiger partial charge in [0.2, 0.25) is 11.1 Å². The first-order chi connectivity index (χ1) is 18.0. The van der Waals surface area contributed by atoms with Crippen LogP contribution in [0.3, 0.4) is 0 Å². The van der Waals surface area contributed by atoms with E-state index in [0.717, 1.165) is 11.1 Å². The number of hydrogen-bond acceptors (Lipinski definition) is 7. The SMILES string of the molecule is COC(=O)C1=C(C)Nc2nc(SCc3ccccc3F)nn2C1c1ccc(OCc2ccccc2)cc1. The Morgan fingerprint density at radius 3 is 2.51 bits per heavy atom. The van der Waals surface area contributed by atoms with Crippen LogP contribution in [0.5, 0.6) is 5.75 Å². The van der Waals surface area contributed by atoms with Gasteiger partial charge in [0, 0.05) is 11.4 Å². The third kappa shape index (κ3) is 5.36. The number of carbonyl (C=O) groups is 1. The number of nitrogens with zero attached hydrogens (tertiary/aromatic N) is 3. The van der Waals surface area contributed by atoms with Gasteiger partial charge in [0.25, 0.3) is 0 Å². The highest BCUT2D eigenvalue weighted by Crippen LogP contribution is 2.37. The molecule has 1 aliphatic heterocycles. The van der Waals surface area contributed by atoms with Crippen LogP contribution in [-0.2, 0) is 21.9 Å². The lowest BCUT2D eigenvalue weighted by Crippen LogP contribution is -2.29. The van der Waals surface area contributed by atoms with E-state index in [2.05, 4.69) is 15.4 Å². The smallest absolute Gasteiger partial charge is 0.338 e. The number of allylic oxidation sites excluding steroid dienone is 1. The number of nitrogens with one attached hydrogen (secondary N) is 1. The molecular weight excluding hydrogens is 491 g/mol. The second-order valence-corrected chi connectivity index (χ2v) is 9.39. The van der Waals surface area contributed by atoms with Gasteiger partial charge in [0.15, 0.2) is 0 Å². The fourth-order valence-electron chi connectivity index (χ4n) is 4.12. The van der Waals surface area contributed by atoms with Crippen LogP contribution in [0.25, 0.3) is 0 Å². The Labute approximate surface area is 218 Å². The fraction of sp³-hybridized carbons (Fsp3) is 0.179. The van der Waals surface area contributed by atoms with Crippen molar-refractivity contribution >= 4 is 23.7 Å². The molecule has 1 atom stereocenters. The summed E-state index contributed by atoms with van der Waals surface area (Å²) in [6, 6.07) is 23.6. The van der Waals surface area contributed by atoms with Gasteiger partial charge in [0.1, 0.15) is 24.2 Å². The van der Waals surface area contributed by atoms with Gasteiger partial charge < -0.3 is 14.8 Å². The van der Waals surface area contributed by atoms with E-state index in [1.165, 1.54) is 24.9 Å². The minimum absolute atomic E-state index is 0.268. The molecule has 1 aliphatic rings. The molecule has 4 aromatic rings. The molecule has 0 aliphatic carbocycles. The number of fused-ring (bicyclic) bond motifs is 1. The minimum atomic E-state index is -0.554. The summed E-state index contributed by atoms with van der Waals surface area (Å²) >= 11 is 1.32. The lowest BCUT2D eigenvalue weighted by molar-refractivity contribution is -0.136. The first-order valence-corrected chi connectivity index (χ1v) is 12.7. The van der Waals surface area contributed by atoms with E-state index in [-0.39, 0.29) is 5.82 Å². The maximum atomic E-state index is 14.1. The third-order valence-electron chi connectivity index (χ3n) is 6.00. The van der Waals surface area contributed by atoms with Crippen molar-refractivity contribution < 1.29 is 18.7 Å². The van der Waals surface area contributed by atoms with Crippen molar-refractivity contribution in [3.63, 3.8) is 0 Å². The van der Waals surface area contributed by atoms with Gasteiger partial charge in [0.05, 0.1) is 12.7 Å². The lowest BCUT2D eigenvalue weighted by Gasteiger charge is -2.27. The number of benzene rings is 3. The molecule has 0 fully saturated rings. The average Bonchev–Trinajstić information content (AvgIpc) is 3.33. The van der Waals surface area contributed by atoms with Crippen molar-refractivity contribution in [2.45, 2.75) is 30.5 Å². The fourth-order valence-corrected chi connectivity index (χ4v) is 4.94. The zero-order chi connectivity index (χ0) is 25.8. The third-order valence-corrected chi connectivity index (χ3v) is 6.88. The van der Waals surface area contributed by atoms with E-state index in [4.69, 9.17) is 9.47 Å². The zero-order valence-corrected chi connectivity index (χ0v) is 21.2. The van der Waals surface area contributed by atoms with Crippen LogP contribution in [0, 0.1) is 5.82 Å². The normalized spacial score (nSPS) is 14.6. The van der Waals surface area contributed by atoms with Crippen molar-refractivity contribution in [3.8, 4) is 5.75 Å². The molecule has 1 aromatic heterocycles. The summed E-state index contributed by atoms with van der Waals surface area (Å²) < 4.78 is 26.8. The number of halogens is 1. The second kappa shape index (κ2) is 10.9. The molecule has 9 heteroatoms. The number of hydrogen-bond donors (Lipinski definition) is 1. The highest BCUT2D eigenvalue weighted by atomic mass is 32.2. The molecule has 5 rings (SSSR count). The molecular formula is C28H25FN4O3S. The number of thioether (sulfide) groups is 1. The monoisotopic (exact) mass is 516 g/mol. The average molecular weight is 517 g/mol. The number of esters is 1. The van der Waals surface area contributed by atoms with Crippen molar-refractivity contribution in [1.82, 2.24) is 14.8 Å². The zero-order valence-electron chi connectivity index (χ0n) is 20.3. The molecule has 0 bridgehead atoms. The highest BCUT2D eigenvalue weighted by Gasteiger charge is 2.35. The Morgan fingerprint density at radius 2 is 1.78 bits per heavy atom. The molecule has 1 unspecified atom stereocenters. The molecule has 37 heavy (non-hydrogen) atoms. The van der Waals surface area contributed by atoms with Crippen LogP contribution in [0.4, 0.5) is 10.3 Å². The highest BCUT2D eigenvalue weighted by molar-refractivity contribution is 7.98. The van der Waals surface area contributed by atoms with Crippen LogP contribution in [-0.4, -0.2) is 27.8 Å². The molecule has 0 saturated heterocycles. The number of carbonyl (C=O) groups excluding carboxylic acids is 1. The van der Waals surface area contributed by atoms with Crippen LogP contribution in [0.2, 0.25) is 0 Å². The molecule has 188 valence electrons. The summed E-state index contributed by atoms with van der Waals surface area (Å²) in [5, 5.41) is 8.29. The Kier molecular flexibility index (Phi) is 7.23. The number of aromatic nitrogens is 3. The summed E-state index contributed by atoms with van der Waals surface area (Å²) in [5.74, 6) is 0.860. The quantitative estimate of drug-likeness (QED) is 0.236. The van der Waals surface area contributed by atoms with Gasteiger partial charge in [-0.3, -0.25) is 0 Å². The lowest BCUT2D eigenvalue weighted by atomic mass is 9.96. The van der Waals surface area contributed by atoms with Gasteiger partial charge in [-0.1, -0.05) is 72.4 Å². The molecule has 0 radical (unpaired) electrons. The summed E-state index contributed by atoms with van der Waals surface area (Å²) in [6.45, 7) is 2.26. The van der Waals surface area contributed by atoms with Gasteiger partial charge in [-0.25, -0.2) is 13.9 Å². The summed E-state index contributed by atoms with van der Waals surface area (Å²) in [4.78, 5) is 17.4. The molecule has 1 N–H and O–H groups in total. The molecule has 0 saturated carbocycles. The van der Waals surface area contributed by atoms with Crippen LogP contribution in [0.15, 0.2) is 95.3 Å². The van der Waals surface area contributed by atoms with E-state index in [1.54, 1.807) is 29.8 Å². The van der Waals surface area contributed by atoms with Crippen molar-refractivity contribution in [1.29, 1.82) is 0 Å². The molecule has 3 aromatic carbocycles. The van der Waals surface area contributed by atoms with Crippen molar-refractivity contribution in [3.05, 3.63) is 113 Å². The molecule has 7 nitrogen and oxygen atoms in total. The van der Waals surface area contributed by atoms with Gasteiger partial charge in [-0.2, -0.15) is 4.98 Å². The van der Waals surface area contributed by atoms with E-state index in [9.17, 15) is 9.18 Å². The number of rotatable bonds is 8. The number of methoxy groups -OCH3 is 1. The van der Waals surface area contributed by atoms with E-state index >= 15 is 0 Å². The van der Waals surface area contributed by atoms with Crippen LogP contribution < -0.4 is 10.1 Å². The maximum Gasteiger partial charge on any atom is 0.338 e. The van der Waals surface area contributed by atoms with Gasteiger partial charge in [-0.15, -0.1) is 5.10 Å². The van der Waals surface area contributed by atoms with Crippen molar-refractivity contribution in [2.24, 2.45) is 0 Å². The number of ether oxygens (including phenoxy) is 2. The number of anilines is 1. The Hall–Kier alpha value is -4.11. The van der Waals surface area contributed by atoms with Crippen molar-refractivity contribution in [2.75, 3.05) is 12.4 Å². The summed E-state index contributed by atoms with van der Waals surface area (Å²) in [5.41, 5.74) is 3.53. The Bertz CT molecular complexity index is 1440. The standard InChI is InChI=1S/C28H25FN4O3S/c1-18-24(26(34)35-2)25(20-12-14-22(15-13-20)36-16-19-8-4-3-5-9-19)33-27(30-18)31-28(32-33)37-17-21-10-6-7-11-23(21)29/h3-15,25H,16-17H2,1-2H3,(H,30,31,32). The summed E-state index contributed by atoms with van der Waals surface area (Å²) in [7, 11) is 1.35. The maximum absolute atomic E-state index is 14.1. The van der Waals surface area contributed by atoms with Crippen LogP contribution in [0.1, 0.15) is 29.7 Å². The predicted octanol–water partition coefficient (Wildman–Crippen LogP) is 5.75.